The molecule has 10 heterocycles. The van der Waals surface area contributed by atoms with Crippen LogP contribution >= 0.6 is 0 Å². The summed E-state index contributed by atoms with van der Waals surface area (Å²) in [4.78, 5) is 36.8. The Balaban J connectivity index is 0.000000136. The molecule has 0 radical (unpaired) electrons. The van der Waals surface area contributed by atoms with E-state index in [9.17, 15) is 42.8 Å². The second-order valence-electron chi connectivity index (χ2n) is 25.1. The highest BCUT2D eigenvalue weighted by Gasteiger charge is 2.33. The van der Waals surface area contributed by atoms with E-state index in [1.165, 1.54) is 50.5 Å². The third-order valence-electron chi connectivity index (χ3n) is 18.0. The van der Waals surface area contributed by atoms with Crippen LogP contribution in [0.1, 0.15) is 59.0 Å². The maximum atomic E-state index is 14.1. The lowest BCUT2D eigenvalue weighted by atomic mass is 9.98. The van der Waals surface area contributed by atoms with Gasteiger partial charge < -0.3 is 14.7 Å². The third-order valence-corrected chi connectivity index (χ3v) is 23.0. The van der Waals surface area contributed by atoms with E-state index in [1.54, 1.807) is 125 Å². The SMILES string of the molecule is Cc1nccc(-c2cccc(S(=O)(=O)n3cc(C4=CCN(C)CC4)c4cc(C(F)(F)F)ccc43)c2)n1.Cc1nccc(-c2cccc(S(=O)(=O)n3cc(C4=CCN(C)CC4)c4cc(F)ccc43)c2)n1.Cc1nccc(-c2cccc(S(=O)(=O)n3cc(C4=CCN(C)CC4)c4cccnc43)c2)n1. The monoisotopic (exact) mass is 1420 g/mol. The second kappa shape index (κ2) is 28.1. The van der Waals surface area contributed by atoms with E-state index in [4.69, 9.17) is 0 Å². The number of pyridine rings is 1. The van der Waals surface area contributed by atoms with E-state index in [0.717, 1.165) is 100 Å². The summed E-state index contributed by atoms with van der Waals surface area (Å²) in [5.74, 6) is 1.39. The highest BCUT2D eigenvalue weighted by Crippen LogP contribution is 2.40. The Bertz CT molecular complexity index is 5670. The first-order chi connectivity index (χ1) is 48.3. The molecule has 0 aliphatic carbocycles. The van der Waals surface area contributed by atoms with Crippen LogP contribution in [0.3, 0.4) is 0 Å². The average Bonchev–Trinajstić information content (AvgIpc) is 1.63. The Hall–Kier alpha value is -10.2. The van der Waals surface area contributed by atoms with Gasteiger partial charge in [-0.25, -0.2) is 76.4 Å². The maximum Gasteiger partial charge on any atom is 0.416 e. The smallest absolute Gasteiger partial charge is 0.302 e. The molecule has 26 heteroatoms. The lowest BCUT2D eigenvalue weighted by Crippen LogP contribution is -2.23. The van der Waals surface area contributed by atoms with Crippen molar-refractivity contribution in [2.45, 2.75) is 60.9 Å². The van der Waals surface area contributed by atoms with Crippen LogP contribution in [0.15, 0.2) is 216 Å². The van der Waals surface area contributed by atoms with Crippen LogP contribution in [0, 0.1) is 26.6 Å². The zero-order valence-electron chi connectivity index (χ0n) is 55.9. The number of nitrogens with zero attached hydrogens (tertiary/aromatic N) is 13. The Morgan fingerprint density at radius 3 is 1.19 bits per heavy atom. The number of benzene rings is 5. The van der Waals surface area contributed by atoms with E-state index < -0.39 is 47.6 Å². The maximum absolute atomic E-state index is 14.1. The fourth-order valence-corrected chi connectivity index (χ4v) is 16.8. The summed E-state index contributed by atoms with van der Waals surface area (Å²) in [5, 5.41) is 1.69. The fraction of sp³-hybridized carbons (Fsp3) is 0.213. The van der Waals surface area contributed by atoms with Gasteiger partial charge in [-0.3, -0.25) is 0 Å². The van der Waals surface area contributed by atoms with Gasteiger partial charge in [0.2, 0.25) is 0 Å². The molecule has 19 nitrogen and oxygen atoms in total. The van der Waals surface area contributed by atoms with Crippen LogP contribution in [0.25, 0.3) is 83.3 Å². The van der Waals surface area contributed by atoms with E-state index in [0.29, 0.717) is 80.8 Å². The molecule has 12 aromatic rings. The van der Waals surface area contributed by atoms with Crippen LogP contribution < -0.4 is 0 Å². The topological polar surface area (TPSA) is 217 Å². The number of aromatic nitrogens is 10. The largest absolute Gasteiger partial charge is 0.416 e. The van der Waals surface area contributed by atoms with Gasteiger partial charge in [-0.05, 0) is 181 Å². The molecule has 7 aromatic heterocycles. The van der Waals surface area contributed by atoms with Crippen LogP contribution in [0.2, 0.25) is 0 Å². The van der Waals surface area contributed by atoms with Gasteiger partial charge in [0.1, 0.15) is 23.3 Å². The molecule has 0 amide bonds. The Morgan fingerprint density at radius 2 is 0.792 bits per heavy atom. The first-order valence-electron chi connectivity index (χ1n) is 32.4. The molecule has 0 bridgehead atoms. The van der Waals surface area contributed by atoms with Crippen molar-refractivity contribution >= 4 is 79.6 Å². The Labute approximate surface area is 582 Å². The highest BCUT2D eigenvalue weighted by molar-refractivity contribution is 7.90. The molecular weight excluding hydrogens is 1350 g/mol. The van der Waals surface area contributed by atoms with Crippen LogP contribution in [0.5, 0.6) is 0 Å². The Morgan fingerprint density at radius 1 is 0.406 bits per heavy atom. The standard InChI is InChI=1S/C26H23F3N4O2S.C25H23FN4O2S.C24H23N5O2S/c1-17-30-11-8-24(31-17)19-4-3-5-21(14-19)36(34,35)33-16-23(18-9-12-32(2)13-10-18)22-15-20(26(27,28)29)6-7-25(22)33;1-17-27-11-8-24(28-17)19-4-3-5-21(14-19)33(31,32)30-16-23(18-9-12-29(2)13-10-18)22-15-20(26)6-7-25(22)30;1-17-25-12-8-23(27-17)19-5-3-6-20(15-19)32(30,31)29-16-22(18-9-13-28(2)14-10-18)21-7-4-11-26-24(21)29/h3-9,11,14-16H,10,12-13H2,1-2H3;3-9,11,14-16H,10,12-13H2,1-2H3;3-9,11-12,15-16H,10,13-14H2,1-2H3. The van der Waals surface area contributed by atoms with Gasteiger partial charge >= 0.3 is 6.18 Å². The molecule has 3 aliphatic rings. The molecule has 5 aromatic carbocycles. The summed E-state index contributed by atoms with van der Waals surface area (Å²) in [7, 11) is -5.86. The van der Waals surface area contributed by atoms with E-state index in [2.05, 4.69) is 68.8 Å². The summed E-state index contributed by atoms with van der Waals surface area (Å²) < 4.78 is 141. The summed E-state index contributed by atoms with van der Waals surface area (Å²) in [6, 6.07) is 36.3. The summed E-state index contributed by atoms with van der Waals surface area (Å²) in [5.41, 5.74) is 9.35. The lowest BCUT2D eigenvalue weighted by molar-refractivity contribution is -0.137. The molecule has 101 heavy (non-hydrogen) atoms. The van der Waals surface area contributed by atoms with Crippen LogP contribution in [0.4, 0.5) is 17.6 Å². The van der Waals surface area contributed by atoms with E-state index >= 15 is 0 Å². The molecule has 0 spiro atoms. The summed E-state index contributed by atoms with van der Waals surface area (Å²) in [6.45, 7) is 10.1. The number of hydrogen-bond acceptors (Lipinski definition) is 16. The first-order valence-corrected chi connectivity index (χ1v) is 36.7. The number of aryl methyl sites for hydroxylation is 3. The molecule has 516 valence electrons. The van der Waals surface area contributed by atoms with Crippen molar-refractivity contribution in [3.05, 3.63) is 247 Å². The second-order valence-corrected chi connectivity index (χ2v) is 30.5. The molecule has 0 N–H and O–H groups in total. The number of alkyl halides is 3. The first kappa shape index (κ1) is 69.3. The quantitative estimate of drug-likeness (QED) is 0.104. The molecule has 0 fully saturated rings. The van der Waals surface area contributed by atoms with Gasteiger partial charge in [0, 0.05) is 132 Å². The molecule has 3 aliphatic heterocycles. The van der Waals surface area contributed by atoms with Crippen LogP contribution in [-0.2, 0) is 36.2 Å². The van der Waals surface area contributed by atoms with Crippen molar-refractivity contribution in [3.8, 4) is 33.8 Å². The zero-order chi connectivity index (χ0) is 71.1. The van der Waals surface area contributed by atoms with Crippen molar-refractivity contribution in [2.75, 3.05) is 60.4 Å². The molecule has 15 rings (SSSR count). The van der Waals surface area contributed by atoms with E-state index in [-0.39, 0.29) is 25.6 Å². The fourth-order valence-electron chi connectivity index (χ4n) is 12.6. The molecular formula is C75H69F4N13O6S3. The minimum Gasteiger partial charge on any atom is -0.302 e. The minimum absolute atomic E-state index is 0.0111. The van der Waals surface area contributed by atoms with E-state index in [1.807, 2.05) is 44.4 Å². The van der Waals surface area contributed by atoms with Crippen molar-refractivity contribution in [1.29, 1.82) is 0 Å². The predicted octanol–water partition coefficient (Wildman–Crippen LogP) is 13.6. The van der Waals surface area contributed by atoms with Crippen molar-refractivity contribution in [2.24, 2.45) is 0 Å². The van der Waals surface area contributed by atoms with Crippen molar-refractivity contribution in [1.82, 2.24) is 61.5 Å². The molecule has 0 saturated heterocycles. The minimum atomic E-state index is -4.54. The normalized spacial score (nSPS) is 15.2. The highest BCUT2D eigenvalue weighted by atomic mass is 32.2. The van der Waals surface area contributed by atoms with Gasteiger partial charge in [-0.1, -0.05) is 54.6 Å². The molecule has 0 atom stereocenters. The zero-order valence-corrected chi connectivity index (χ0v) is 58.4. The van der Waals surface area contributed by atoms with Crippen molar-refractivity contribution in [3.63, 3.8) is 0 Å². The van der Waals surface area contributed by atoms with Gasteiger partial charge in [-0.2, -0.15) is 13.2 Å². The average molecular weight is 1420 g/mol. The van der Waals surface area contributed by atoms with Crippen molar-refractivity contribution < 1.29 is 42.8 Å². The summed E-state index contributed by atoms with van der Waals surface area (Å²) in [6.07, 6.45) is 15.2. The number of hydrogen-bond donors (Lipinski definition) is 0. The Kier molecular flexibility index (Phi) is 19.2. The number of rotatable bonds is 12. The number of halogens is 4. The van der Waals surface area contributed by atoms with Crippen LogP contribution in [-0.4, -0.2) is 147 Å². The van der Waals surface area contributed by atoms with Gasteiger partial charge in [0.15, 0.2) is 5.65 Å². The van der Waals surface area contributed by atoms with Gasteiger partial charge in [0.05, 0.1) is 48.4 Å². The molecule has 0 unspecified atom stereocenters. The molecule has 0 saturated carbocycles. The third kappa shape index (κ3) is 14.5. The lowest BCUT2D eigenvalue weighted by Gasteiger charge is -2.21. The number of likely N-dealkylation sites (N-methyl/N-ethyl adjacent to an activating group) is 3. The van der Waals surface area contributed by atoms with Gasteiger partial charge in [-0.15, -0.1) is 0 Å². The predicted molar refractivity (Wildman–Crippen MR) is 383 cm³/mol. The summed E-state index contributed by atoms with van der Waals surface area (Å²) >= 11 is 0. The number of fused-ring (bicyclic) bond motifs is 3. The van der Waals surface area contributed by atoms with Gasteiger partial charge in [0.25, 0.3) is 30.1 Å².